The van der Waals surface area contributed by atoms with Crippen molar-refractivity contribution in [3.8, 4) is 0 Å². The molecule has 0 aromatic carbocycles. The molecule has 0 spiro atoms. The molecule has 0 unspecified atom stereocenters. The quantitative estimate of drug-likeness (QED) is 0.931. The van der Waals surface area contributed by atoms with Crippen molar-refractivity contribution in [3.05, 3.63) is 39.4 Å². The molecule has 2 aromatic heterocycles. The maximum Gasteiger partial charge on any atom is 0.144 e. The molecule has 0 aliphatic rings. The zero-order valence-corrected chi connectivity index (χ0v) is 9.68. The summed E-state index contributed by atoms with van der Waals surface area (Å²) in [6, 6.07) is 2.09. The Bertz CT molecular complexity index is 402. The summed E-state index contributed by atoms with van der Waals surface area (Å²) in [6.45, 7) is 0.791. The fraction of sp³-hybridized carbons (Fsp3) is 0.111. The average molecular weight is 270 g/mol. The molecule has 14 heavy (non-hydrogen) atoms. The molecule has 0 fully saturated rings. The molecule has 5 heteroatoms. The molecule has 0 bridgehead atoms. The zero-order chi connectivity index (χ0) is 9.80. The summed E-state index contributed by atoms with van der Waals surface area (Å²) in [5, 5.41) is 7.40. The van der Waals surface area contributed by atoms with Gasteiger partial charge in [-0.3, -0.25) is 0 Å². The van der Waals surface area contributed by atoms with Gasteiger partial charge in [-0.05, 0) is 38.3 Å². The van der Waals surface area contributed by atoms with E-state index in [1.54, 1.807) is 17.5 Å². The summed E-state index contributed by atoms with van der Waals surface area (Å²) < 4.78 is 0.884. The third-order valence-electron chi connectivity index (χ3n) is 1.71. The number of nitrogens with zero attached hydrogens (tertiary/aromatic N) is 2. The van der Waals surface area contributed by atoms with Crippen LogP contribution >= 0.6 is 27.3 Å². The number of anilines is 1. The molecule has 0 radical (unpaired) electrons. The molecular weight excluding hydrogens is 262 g/mol. The van der Waals surface area contributed by atoms with Gasteiger partial charge >= 0.3 is 0 Å². The van der Waals surface area contributed by atoms with Crippen molar-refractivity contribution >= 4 is 33.1 Å². The SMILES string of the molecule is Brc1cncnc1NCc1ccsc1. The van der Waals surface area contributed by atoms with Gasteiger partial charge in [0.2, 0.25) is 0 Å². The maximum absolute atomic E-state index is 4.11. The first-order valence-electron chi connectivity index (χ1n) is 4.07. The Morgan fingerprint density at radius 3 is 3.14 bits per heavy atom. The number of halogens is 1. The largest absolute Gasteiger partial charge is 0.365 e. The second-order valence-corrected chi connectivity index (χ2v) is 4.34. The molecule has 2 rings (SSSR count). The van der Waals surface area contributed by atoms with E-state index in [4.69, 9.17) is 0 Å². The van der Waals surface area contributed by atoms with Gasteiger partial charge in [0.15, 0.2) is 0 Å². The highest BCUT2D eigenvalue weighted by Crippen LogP contribution is 2.18. The van der Waals surface area contributed by atoms with Crippen LogP contribution in [0.4, 0.5) is 5.82 Å². The van der Waals surface area contributed by atoms with Crippen LogP contribution < -0.4 is 5.32 Å². The van der Waals surface area contributed by atoms with Crippen LogP contribution in [0.25, 0.3) is 0 Å². The highest BCUT2D eigenvalue weighted by molar-refractivity contribution is 9.10. The van der Waals surface area contributed by atoms with Crippen molar-refractivity contribution in [2.24, 2.45) is 0 Å². The third-order valence-corrected chi connectivity index (χ3v) is 3.02. The smallest absolute Gasteiger partial charge is 0.144 e. The van der Waals surface area contributed by atoms with Gasteiger partial charge in [-0.1, -0.05) is 0 Å². The number of thiophene rings is 1. The molecule has 0 aliphatic carbocycles. The number of rotatable bonds is 3. The Kier molecular flexibility index (Phi) is 3.10. The minimum absolute atomic E-state index is 0.791. The molecule has 0 saturated carbocycles. The van der Waals surface area contributed by atoms with Crippen molar-refractivity contribution in [3.63, 3.8) is 0 Å². The second kappa shape index (κ2) is 4.52. The van der Waals surface area contributed by atoms with Gasteiger partial charge < -0.3 is 5.32 Å². The average Bonchev–Trinajstić information content (AvgIpc) is 2.69. The normalized spacial score (nSPS) is 10.1. The predicted octanol–water partition coefficient (Wildman–Crippen LogP) is 2.91. The Morgan fingerprint density at radius 2 is 2.43 bits per heavy atom. The molecule has 1 N–H and O–H groups in total. The van der Waals surface area contributed by atoms with Crippen LogP contribution in [0.15, 0.2) is 33.8 Å². The van der Waals surface area contributed by atoms with Crippen LogP contribution in [0, 0.1) is 0 Å². The van der Waals surface area contributed by atoms with E-state index in [0.717, 1.165) is 16.8 Å². The Balaban J connectivity index is 2.02. The van der Waals surface area contributed by atoms with E-state index in [-0.39, 0.29) is 0 Å². The van der Waals surface area contributed by atoms with Crippen LogP contribution in [0.3, 0.4) is 0 Å². The molecule has 3 nitrogen and oxygen atoms in total. The van der Waals surface area contributed by atoms with Crippen LogP contribution in [0.1, 0.15) is 5.56 Å². The van der Waals surface area contributed by atoms with Crippen LogP contribution in [-0.2, 0) is 6.54 Å². The van der Waals surface area contributed by atoms with E-state index in [1.807, 2.05) is 0 Å². The number of aromatic nitrogens is 2. The Hall–Kier alpha value is -0.940. The second-order valence-electron chi connectivity index (χ2n) is 2.70. The van der Waals surface area contributed by atoms with E-state index in [9.17, 15) is 0 Å². The van der Waals surface area contributed by atoms with Crippen molar-refractivity contribution in [1.29, 1.82) is 0 Å². The zero-order valence-electron chi connectivity index (χ0n) is 7.27. The summed E-state index contributed by atoms with van der Waals surface area (Å²) in [7, 11) is 0. The molecule has 0 saturated heterocycles. The predicted molar refractivity (Wildman–Crippen MR) is 61.4 cm³/mol. The third kappa shape index (κ3) is 2.30. The van der Waals surface area contributed by atoms with E-state index < -0.39 is 0 Å². The van der Waals surface area contributed by atoms with Crippen molar-refractivity contribution in [1.82, 2.24) is 9.97 Å². The highest BCUT2D eigenvalue weighted by Gasteiger charge is 1.99. The number of hydrogen-bond donors (Lipinski definition) is 1. The van der Waals surface area contributed by atoms with E-state index in [2.05, 4.69) is 48.0 Å². The van der Waals surface area contributed by atoms with Gasteiger partial charge in [0.25, 0.3) is 0 Å². The fourth-order valence-electron chi connectivity index (χ4n) is 1.02. The lowest BCUT2D eigenvalue weighted by molar-refractivity contribution is 1.08. The summed E-state index contributed by atoms with van der Waals surface area (Å²) >= 11 is 5.07. The number of hydrogen-bond acceptors (Lipinski definition) is 4. The molecular formula is C9H8BrN3S. The first kappa shape index (κ1) is 9.61. The van der Waals surface area contributed by atoms with Gasteiger partial charge in [0.05, 0.1) is 4.47 Å². The Labute approximate surface area is 94.4 Å². The minimum atomic E-state index is 0.791. The first-order chi connectivity index (χ1) is 6.86. The lowest BCUT2D eigenvalue weighted by Crippen LogP contribution is -2.01. The summed E-state index contributed by atoms with van der Waals surface area (Å²) in [4.78, 5) is 8.01. The molecule has 2 heterocycles. The lowest BCUT2D eigenvalue weighted by Gasteiger charge is -2.04. The molecule has 72 valence electrons. The van der Waals surface area contributed by atoms with E-state index in [1.165, 1.54) is 11.9 Å². The summed E-state index contributed by atoms with van der Waals surface area (Å²) in [5.74, 6) is 0.825. The molecule has 0 atom stereocenters. The monoisotopic (exact) mass is 269 g/mol. The van der Waals surface area contributed by atoms with Crippen molar-refractivity contribution < 1.29 is 0 Å². The maximum atomic E-state index is 4.11. The highest BCUT2D eigenvalue weighted by atomic mass is 79.9. The first-order valence-corrected chi connectivity index (χ1v) is 5.80. The topological polar surface area (TPSA) is 37.8 Å². The standard InChI is InChI=1S/C9H8BrN3S/c10-8-4-11-6-13-9(8)12-3-7-1-2-14-5-7/h1-2,4-6H,3H2,(H,11,12,13). The lowest BCUT2D eigenvalue weighted by atomic mass is 10.3. The van der Waals surface area contributed by atoms with Crippen molar-refractivity contribution in [2.45, 2.75) is 6.54 Å². The van der Waals surface area contributed by atoms with Gasteiger partial charge in [0, 0.05) is 12.7 Å². The minimum Gasteiger partial charge on any atom is -0.365 e. The fourth-order valence-corrected chi connectivity index (χ4v) is 2.05. The van der Waals surface area contributed by atoms with Gasteiger partial charge in [0.1, 0.15) is 12.1 Å². The Morgan fingerprint density at radius 1 is 1.50 bits per heavy atom. The number of nitrogens with one attached hydrogen (secondary N) is 1. The van der Waals surface area contributed by atoms with Crippen molar-refractivity contribution in [2.75, 3.05) is 5.32 Å². The van der Waals surface area contributed by atoms with Crippen LogP contribution in [0.5, 0.6) is 0 Å². The molecule has 2 aromatic rings. The summed E-state index contributed by atoms with van der Waals surface area (Å²) in [5.41, 5.74) is 1.26. The van der Waals surface area contributed by atoms with Crippen LogP contribution in [-0.4, -0.2) is 9.97 Å². The van der Waals surface area contributed by atoms with Gasteiger partial charge in [-0.2, -0.15) is 11.3 Å². The molecule has 0 amide bonds. The van der Waals surface area contributed by atoms with Crippen LogP contribution in [0.2, 0.25) is 0 Å². The van der Waals surface area contributed by atoms with E-state index in [0.29, 0.717) is 0 Å². The van der Waals surface area contributed by atoms with E-state index >= 15 is 0 Å². The molecule has 0 aliphatic heterocycles. The van der Waals surface area contributed by atoms with Gasteiger partial charge in [-0.25, -0.2) is 9.97 Å². The van der Waals surface area contributed by atoms with Gasteiger partial charge in [-0.15, -0.1) is 0 Å². The summed E-state index contributed by atoms with van der Waals surface area (Å²) in [6.07, 6.45) is 3.25.